The van der Waals surface area contributed by atoms with Crippen molar-refractivity contribution in [2.45, 2.75) is 13.8 Å². The summed E-state index contributed by atoms with van der Waals surface area (Å²) in [5.74, 6) is 0.664. The highest BCUT2D eigenvalue weighted by Crippen LogP contribution is 2.25. The number of hydrogen-bond acceptors (Lipinski definition) is 5. The first kappa shape index (κ1) is 19.0. The minimum absolute atomic E-state index is 0.206. The third-order valence-electron chi connectivity index (χ3n) is 3.57. The summed E-state index contributed by atoms with van der Waals surface area (Å²) in [4.78, 5) is 23.4. The fourth-order valence-electron chi connectivity index (χ4n) is 2.30. The molecule has 7 heteroatoms. The highest BCUT2D eigenvalue weighted by atomic mass is 16.5. The van der Waals surface area contributed by atoms with Crippen molar-refractivity contribution in [1.82, 2.24) is 5.43 Å². The second-order valence-corrected chi connectivity index (χ2v) is 5.47. The van der Waals surface area contributed by atoms with Crippen LogP contribution in [0.15, 0.2) is 47.6 Å². The van der Waals surface area contributed by atoms with E-state index in [4.69, 9.17) is 9.47 Å². The van der Waals surface area contributed by atoms with Gasteiger partial charge in [0, 0.05) is 29.8 Å². The number of hydrogen-bond donors (Lipinski definition) is 2. The van der Waals surface area contributed by atoms with Gasteiger partial charge in [-0.25, -0.2) is 5.43 Å². The Morgan fingerprint density at radius 2 is 1.77 bits per heavy atom. The van der Waals surface area contributed by atoms with Crippen molar-refractivity contribution in [1.29, 1.82) is 0 Å². The van der Waals surface area contributed by atoms with E-state index in [1.807, 2.05) is 0 Å². The number of amides is 2. The molecule has 0 saturated carbocycles. The molecule has 0 aliphatic carbocycles. The maximum absolute atomic E-state index is 12.3. The Balaban J connectivity index is 2.16. The van der Waals surface area contributed by atoms with Crippen molar-refractivity contribution in [3.05, 3.63) is 53.6 Å². The molecule has 2 amide bonds. The first-order valence-electron chi connectivity index (χ1n) is 7.89. The van der Waals surface area contributed by atoms with Gasteiger partial charge in [-0.05, 0) is 37.3 Å². The fraction of sp³-hybridized carbons (Fsp3) is 0.211. The molecule has 26 heavy (non-hydrogen) atoms. The number of nitrogens with one attached hydrogen (secondary N) is 2. The lowest BCUT2D eigenvalue weighted by atomic mass is 10.1. The monoisotopic (exact) mass is 355 g/mol. The molecule has 0 bridgehead atoms. The standard InChI is InChI=1S/C19H21N3O4/c1-12(17-9-8-16(25-3)11-18(17)26-4)21-22-19(24)14-6-5-7-15(10-14)20-13(2)23/h5-11H,1-4H3,(H,20,23)(H,22,24). The Bertz CT molecular complexity index is 846. The van der Waals surface area contributed by atoms with Crippen LogP contribution in [0, 0.1) is 0 Å². The van der Waals surface area contributed by atoms with Crippen LogP contribution >= 0.6 is 0 Å². The molecule has 0 unspecified atom stereocenters. The van der Waals surface area contributed by atoms with Gasteiger partial charge in [-0.1, -0.05) is 6.07 Å². The lowest BCUT2D eigenvalue weighted by molar-refractivity contribution is -0.114. The van der Waals surface area contributed by atoms with Gasteiger partial charge in [0.1, 0.15) is 11.5 Å². The SMILES string of the molecule is COc1ccc(C(C)=NNC(=O)c2cccc(NC(C)=O)c2)c(OC)c1. The second-order valence-electron chi connectivity index (χ2n) is 5.47. The zero-order valence-electron chi connectivity index (χ0n) is 15.1. The molecule has 0 atom stereocenters. The molecule has 0 aliphatic rings. The quantitative estimate of drug-likeness (QED) is 0.616. The van der Waals surface area contributed by atoms with E-state index in [2.05, 4.69) is 15.8 Å². The molecule has 0 spiro atoms. The number of carbonyl (C=O) groups excluding carboxylic acids is 2. The maximum Gasteiger partial charge on any atom is 0.271 e. The van der Waals surface area contributed by atoms with Crippen molar-refractivity contribution >= 4 is 23.2 Å². The zero-order chi connectivity index (χ0) is 19.1. The van der Waals surface area contributed by atoms with Gasteiger partial charge in [0.05, 0.1) is 19.9 Å². The second kappa shape index (κ2) is 8.66. The summed E-state index contributed by atoms with van der Waals surface area (Å²) in [5.41, 5.74) is 4.75. The van der Waals surface area contributed by atoms with Gasteiger partial charge >= 0.3 is 0 Å². The molecule has 0 saturated heterocycles. The summed E-state index contributed by atoms with van der Waals surface area (Å²) in [6, 6.07) is 11.9. The van der Waals surface area contributed by atoms with E-state index in [1.54, 1.807) is 63.6 Å². The van der Waals surface area contributed by atoms with Gasteiger partial charge in [0.2, 0.25) is 5.91 Å². The first-order chi connectivity index (χ1) is 12.4. The minimum Gasteiger partial charge on any atom is -0.497 e. The Morgan fingerprint density at radius 3 is 2.42 bits per heavy atom. The van der Waals surface area contributed by atoms with E-state index in [0.717, 1.165) is 5.56 Å². The van der Waals surface area contributed by atoms with Crippen molar-refractivity contribution in [2.75, 3.05) is 19.5 Å². The minimum atomic E-state index is -0.385. The molecule has 2 aromatic rings. The average molecular weight is 355 g/mol. The van der Waals surface area contributed by atoms with Crippen LogP contribution in [0.4, 0.5) is 5.69 Å². The number of carbonyl (C=O) groups is 2. The molecule has 0 aliphatic heterocycles. The molecule has 2 aromatic carbocycles. The molecule has 136 valence electrons. The van der Waals surface area contributed by atoms with Crippen LogP contribution in [0.1, 0.15) is 29.8 Å². The van der Waals surface area contributed by atoms with Crippen molar-refractivity contribution in [3.8, 4) is 11.5 Å². The Hall–Kier alpha value is -3.35. The summed E-state index contributed by atoms with van der Waals surface area (Å²) in [7, 11) is 3.13. The van der Waals surface area contributed by atoms with Gasteiger partial charge in [0.25, 0.3) is 5.91 Å². The zero-order valence-corrected chi connectivity index (χ0v) is 15.1. The number of nitrogens with zero attached hydrogens (tertiary/aromatic N) is 1. The Kier molecular flexibility index (Phi) is 6.32. The summed E-state index contributed by atoms with van der Waals surface area (Å²) in [6.07, 6.45) is 0. The highest BCUT2D eigenvalue weighted by Gasteiger charge is 2.10. The maximum atomic E-state index is 12.3. The molecule has 0 radical (unpaired) electrons. The number of benzene rings is 2. The molecular formula is C19H21N3O4. The summed E-state index contributed by atoms with van der Waals surface area (Å²) in [5, 5.41) is 6.77. The number of methoxy groups -OCH3 is 2. The van der Waals surface area contributed by atoms with Gasteiger partial charge in [-0.15, -0.1) is 0 Å². The van der Waals surface area contributed by atoms with Crippen LogP contribution in [0.25, 0.3) is 0 Å². The number of anilines is 1. The lowest BCUT2D eigenvalue weighted by Crippen LogP contribution is -2.20. The van der Waals surface area contributed by atoms with E-state index in [0.29, 0.717) is 28.5 Å². The molecule has 2 rings (SSSR count). The third kappa shape index (κ3) is 4.83. The van der Waals surface area contributed by atoms with E-state index >= 15 is 0 Å². The Labute approximate surface area is 152 Å². The van der Waals surface area contributed by atoms with Gasteiger partial charge in [-0.3, -0.25) is 9.59 Å². The molecule has 0 aromatic heterocycles. The van der Waals surface area contributed by atoms with Crippen LogP contribution < -0.4 is 20.2 Å². The smallest absolute Gasteiger partial charge is 0.271 e. The van der Waals surface area contributed by atoms with Crippen LogP contribution in [0.3, 0.4) is 0 Å². The van der Waals surface area contributed by atoms with Crippen LogP contribution in [-0.4, -0.2) is 31.7 Å². The summed E-state index contributed by atoms with van der Waals surface area (Å²) < 4.78 is 10.5. The van der Waals surface area contributed by atoms with Crippen LogP contribution in [-0.2, 0) is 4.79 Å². The van der Waals surface area contributed by atoms with Crippen molar-refractivity contribution in [3.63, 3.8) is 0 Å². The third-order valence-corrected chi connectivity index (χ3v) is 3.57. The molecular weight excluding hydrogens is 334 g/mol. The largest absolute Gasteiger partial charge is 0.497 e. The topological polar surface area (TPSA) is 89.0 Å². The number of hydrazone groups is 1. The van der Waals surface area contributed by atoms with Crippen LogP contribution in [0.2, 0.25) is 0 Å². The fourth-order valence-corrected chi connectivity index (χ4v) is 2.30. The van der Waals surface area contributed by atoms with E-state index in [1.165, 1.54) is 6.92 Å². The first-order valence-corrected chi connectivity index (χ1v) is 7.89. The average Bonchev–Trinajstić information content (AvgIpc) is 2.64. The van der Waals surface area contributed by atoms with E-state index < -0.39 is 0 Å². The van der Waals surface area contributed by atoms with Gasteiger partial charge in [0.15, 0.2) is 0 Å². The van der Waals surface area contributed by atoms with Crippen LogP contribution in [0.5, 0.6) is 11.5 Å². The summed E-state index contributed by atoms with van der Waals surface area (Å²) in [6.45, 7) is 3.17. The number of rotatable bonds is 6. The van der Waals surface area contributed by atoms with Gasteiger partial charge in [-0.2, -0.15) is 5.10 Å². The predicted octanol–water partition coefficient (Wildman–Crippen LogP) is 2.82. The molecule has 0 heterocycles. The number of ether oxygens (including phenoxy) is 2. The van der Waals surface area contributed by atoms with Crippen molar-refractivity contribution in [2.24, 2.45) is 5.10 Å². The molecule has 7 nitrogen and oxygen atoms in total. The Morgan fingerprint density at radius 1 is 1.00 bits per heavy atom. The lowest BCUT2D eigenvalue weighted by Gasteiger charge is -2.10. The van der Waals surface area contributed by atoms with Crippen molar-refractivity contribution < 1.29 is 19.1 Å². The van der Waals surface area contributed by atoms with Gasteiger partial charge < -0.3 is 14.8 Å². The normalized spacial score (nSPS) is 10.8. The highest BCUT2D eigenvalue weighted by molar-refractivity contribution is 6.03. The van der Waals surface area contributed by atoms with E-state index in [9.17, 15) is 9.59 Å². The molecule has 2 N–H and O–H groups in total. The molecule has 0 fully saturated rings. The predicted molar refractivity (Wildman–Crippen MR) is 100.0 cm³/mol. The van der Waals surface area contributed by atoms with E-state index in [-0.39, 0.29) is 11.8 Å². The summed E-state index contributed by atoms with van der Waals surface area (Å²) >= 11 is 0.